The van der Waals surface area contributed by atoms with Gasteiger partial charge in [0, 0.05) is 4.47 Å². The molecule has 0 bridgehead atoms. The number of nitriles is 1. The Bertz CT molecular complexity index is 795. The number of methoxy groups -OCH3 is 1. The fourth-order valence-corrected chi connectivity index (χ4v) is 3.64. The number of nitrogens with zero attached hydrogens (tertiary/aromatic N) is 1. The Morgan fingerprint density at radius 3 is 2.55 bits per heavy atom. The van der Waals surface area contributed by atoms with E-state index in [-0.39, 0.29) is 0 Å². The molecule has 2 aromatic carbocycles. The standard InChI is InChI=1S/C14H11BrN2O2S/c1-19-14-8-13(6-5-10(14)9-16)20(17,18)12-4-2-3-11(15)7-12/h2-8,17H,1H3. The summed E-state index contributed by atoms with van der Waals surface area (Å²) in [5.74, 6) is 0.319. The zero-order valence-electron chi connectivity index (χ0n) is 10.6. The third kappa shape index (κ3) is 2.69. The van der Waals surface area contributed by atoms with Crippen molar-refractivity contribution in [3.8, 4) is 11.8 Å². The number of rotatable bonds is 3. The highest BCUT2D eigenvalue weighted by atomic mass is 79.9. The molecular formula is C14H11BrN2O2S. The second kappa shape index (κ2) is 5.65. The molecule has 0 radical (unpaired) electrons. The van der Waals surface area contributed by atoms with Crippen molar-refractivity contribution in [1.82, 2.24) is 0 Å². The van der Waals surface area contributed by atoms with Gasteiger partial charge in [0.2, 0.25) is 0 Å². The van der Waals surface area contributed by atoms with Crippen molar-refractivity contribution >= 4 is 25.7 Å². The molecule has 0 saturated carbocycles. The topological polar surface area (TPSA) is 73.9 Å². The molecule has 0 saturated heterocycles. The number of hydrogen-bond acceptors (Lipinski definition) is 4. The lowest BCUT2D eigenvalue weighted by Crippen LogP contribution is -2.01. The van der Waals surface area contributed by atoms with Gasteiger partial charge in [-0.15, -0.1) is 0 Å². The van der Waals surface area contributed by atoms with Crippen LogP contribution in [0.1, 0.15) is 5.56 Å². The number of halogens is 1. The summed E-state index contributed by atoms with van der Waals surface area (Å²) in [6.45, 7) is 0. The first kappa shape index (κ1) is 14.6. The molecule has 4 nitrogen and oxygen atoms in total. The average Bonchev–Trinajstić information content (AvgIpc) is 2.46. The molecule has 0 aliphatic carbocycles. The molecule has 0 aliphatic heterocycles. The van der Waals surface area contributed by atoms with Gasteiger partial charge in [-0.1, -0.05) is 22.0 Å². The van der Waals surface area contributed by atoms with Crippen LogP contribution in [0, 0.1) is 16.1 Å². The highest BCUT2D eigenvalue weighted by Crippen LogP contribution is 2.28. The first-order valence-corrected chi connectivity index (χ1v) is 7.96. The second-order valence-electron chi connectivity index (χ2n) is 3.99. The van der Waals surface area contributed by atoms with E-state index in [0.717, 1.165) is 4.47 Å². The summed E-state index contributed by atoms with van der Waals surface area (Å²) >= 11 is 3.30. The Labute approximate surface area is 126 Å². The van der Waals surface area contributed by atoms with E-state index in [1.165, 1.54) is 25.3 Å². The predicted octanol–water partition coefficient (Wildman–Crippen LogP) is 3.79. The zero-order chi connectivity index (χ0) is 14.8. The van der Waals surface area contributed by atoms with Crippen molar-refractivity contribution in [1.29, 1.82) is 10.0 Å². The third-order valence-corrected chi connectivity index (χ3v) is 5.08. The van der Waals surface area contributed by atoms with Gasteiger partial charge >= 0.3 is 0 Å². The predicted molar refractivity (Wildman–Crippen MR) is 79.2 cm³/mol. The zero-order valence-corrected chi connectivity index (χ0v) is 13.0. The van der Waals surface area contributed by atoms with Crippen molar-refractivity contribution in [2.45, 2.75) is 9.79 Å². The summed E-state index contributed by atoms with van der Waals surface area (Å²) in [4.78, 5) is 0.713. The molecular weight excluding hydrogens is 340 g/mol. The first-order chi connectivity index (χ1) is 9.48. The molecule has 2 rings (SSSR count). The van der Waals surface area contributed by atoms with Crippen LogP contribution in [-0.2, 0) is 9.73 Å². The Morgan fingerprint density at radius 1 is 1.25 bits per heavy atom. The van der Waals surface area contributed by atoms with Gasteiger partial charge in [0.05, 0.1) is 22.5 Å². The first-order valence-electron chi connectivity index (χ1n) is 5.61. The van der Waals surface area contributed by atoms with Gasteiger partial charge in [-0.05, 0) is 36.4 Å². The van der Waals surface area contributed by atoms with E-state index in [9.17, 15) is 4.21 Å². The Balaban J connectivity index is 2.59. The summed E-state index contributed by atoms with van der Waals surface area (Å²) < 4.78 is 26.7. The number of ether oxygens (including phenoxy) is 1. The maximum atomic E-state index is 12.7. The van der Waals surface area contributed by atoms with E-state index in [1.54, 1.807) is 24.3 Å². The Kier molecular flexibility index (Phi) is 4.12. The van der Waals surface area contributed by atoms with Crippen LogP contribution in [0.5, 0.6) is 5.75 Å². The largest absolute Gasteiger partial charge is 0.495 e. The molecule has 0 fully saturated rings. The Morgan fingerprint density at radius 2 is 1.95 bits per heavy atom. The molecule has 0 heterocycles. The maximum Gasteiger partial charge on any atom is 0.137 e. The quantitative estimate of drug-likeness (QED) is 0.914. The summed E-state index contributed by atoms with van der Waals surface area (Å²) in [7, 11) is -1.70. The summed E-state index contributed by atoms with van der Waals surface area (Å²) in [6.07, 6.45) is 0. The fourth-order valence-electron chi connectivity index (χ4n) is 1.72. The van der Waals surface area contributed by atoms with Crippen LogP contribution >= 0.6 is 15.9 Å². The monoisotopic (exact) mass is 350 g/mol. The van der Waals surface area contributed by atoms with Crippen LogP contribution in [0.15, 0.2) is 56.7 Å². The van der Waals surface area contributed by atoms with Gasteiger partial charge in [-0.3, -0.25) is 0 Å². The molecule has 1 N–H and O–H groups in total. The van der Waals surface area contributed by atoms with Crippen molar-refractivity contribution in [3.63, 3.8) is 0 Å². The van der Waals surface area contributed by atoms with Gasteiger partial charge in [0.1, 0.15) is 21.5 Å². The molecule has 1 unspecified atom stereocenters. The molecule has 20 heavy (non-hydrogen) atoms. The van der Waals surface area contributed by atoms with Crippen LogP contribution in [0.4, 0.5) is 0 Å². The minimum absolute atomic E-state index is 0.312. The number of nitrogens with one attached hydrogen (secondary N) is 1. The van der Waals surface area contributed by atoms with Crippen LogP contribution in [0.3, 0.4) is 0 Å². The van der Waals surface area contributed by atoms with Gasteiger partial charge in [-0.2, -0.15) is 5.26 Å². The van der Waals surface area contributed by atoms with Gasteiger partial charge in [-0.25, -0.2) is 8.99 Å². The van der Waals surface area contributed by atoms with Gasteiger partial charge in [0.25, 0.3) is 0 Å². The van der Waals surface area contributed by atoms with E-state index in [2.05, 4.69) is 15.9 Å². The van der Waals surface area contributed by atoms with E-state index < -0.39 is 9.73 Å². The van der Waals surface area contributed by atoms with Crippen LogP contribution in [0.2, 0.25) is 0 Å². The Hall–Kier alpha value is -1.84. The van der Waals surface area contributed by atoms with Crippen molar-refractivity contribution < 1.29 is 8.95 Å². The fraction of sp³-hybridized carbons (Fsp3) is 0.0714. The highest BCUT2D eigenvalue weighted by molar-refractivity contribution is 9.10. The third-order valence-electron chi connectivity index (χ3n) is 2.75. The summed E-state index contributed by atoms with van der Waals surface area (Å²) in [5.41, 5.74) is 0.348. The average molecular weight is 351 g/mol. The van der Waals surface area contributed by atoms with E-state index in [1.807, 2.05) is 6.07 Å². The van der Waals surface area contributed by atoms with Gasteiger partial charge in [0.15, 0.2) is 0 Å². The van der Waals surface area contributed by atoms with Crippen LogP contribution in [0.25, 0.3) is 0 Å². The van der Waals surface area contributed by atoms with E-state index in [4.69, 9.17) is 14.8 Å². The molecule has 0 aliphatic rings. The molecule has 0 aromatic heterocycles. The van der Waals surface area contributed by atoms with Crippen molar-refractivity contribution in [2.75, 3.05) is 7.11 Å². The molecule has 6 heteroatoms. The molecule has 0 spiro atoms. The minimum Gasteiger partial charge on any atom is -0.495 e. The molecule has 0 amide bonds. The van der Waals surface area contributed by atoms with Crippen LogP contribution in [-0.4, -0.2) is 11.3 Å². The lowest BCUT2D eigenvalue weighted by molar-refractivity contribution is 0.412. The van der Waals surface area contributed by atoms with Crippen LogP contribution < -0.4 is 4.74 Å². The SMILES string of the molecule is COc1cc(S(=N)(=O)c2cccc(Br)c2)ccc1C#N. The molecule has 2 aromatic rings. The summed E-state index contributed by atoms with van der Waals surface area (Å²) in [6, 6.07) is 13.3. The normalized spacial score (nSPS) is 13.2. The maximum absolute atomic E-state index is 12.7. The molecule has 1 atom stereocenters. The van der Waals surface area contributed by atoms with E-state index in [0.29, 0.717) is 21.1 Å². The smallest absolute Gasteiger partial charge is 0.137 e. The minimum atomic E-state index is -3.14. The molecule has 102 valence electrons. The summed E-state index contributed by atoms with van der Waals surface area (Å²) in [5, 5.41) is 8.94. The van der Waals surface area contributed by atoms with Crippen molar-refractivity contribution in [3.05, 3.63) is 52.5 Å². The number of benzene rings is 2. The van der Waals surface area contributed by atoms with Gasteiger partial charge < -0.3 is 4.74 Å². The lowest BCUT2D eigenvalue weighted by Gasteiger charge is -2.10. The second-order valence-corrected chi connectivity index (χ2v) is 6.96. The highest BCUT2D eigenvalue weighted by Gasteiger charge is 2.16. The lowest BCUT2D eigenvalue weighted by atomic mass is 10.2. The number of hydrogen-bond donors (Lipinski definition) is 1. The van der Waals surface area contributed by atoms with E-state index >= 15 is 0 Å². The van der Waals surface area contributed by atoms with Crippen molar-refractivity contribution in [2.24, 2.45) is 0 Å².